The van der Waals surface area contributed by atoms with Gasteiger partial charge in [-0.15, -0.1) is 0 Å². The number of H-pyrrole nitrogens is 1. The van der Waals surface area contributed by atoms with Gasteiger partial charge in [-0.2, -0.15) is 0 Å². The summed E-state index contributed by atoms with van der Waals surface area (Å²) in [5.41, 5.74) is 1.90. The number of nitrogens with one attached hydrogen (secondary N) is 1. The molecule has 0 saturated heterocycles. The van der Waals surface area contributed by atoms with Gasteiger partial charge in [0.15, 0.2) is 0 Å². The van der Waals surface area contributed by atoms with E-state index >= 15 is 0 Å². The summed E-state index contributed by atoms with van der Waals surface area (Å²) in [6.07, 6.45) is 3.30. The molecule has 2 aromatic rings. The summed E-state index contributed by atoms with van der Waals surface area (Å²) in [6.45, 7) is 5.73. The summed E-state index contributed by atoms with van der Waals surface area (Å²) < 4.78 is 5.15. The van der Waals surface area contributed by atoms with Crippen LogP contribution in [-0.4, -0.2) is 22.1 Å². The zero-order chi connectivity index (χ0) is 14.0. The van der Waals surface area contributed by atoms with Crippen molar-refractivity contribution in [1.82, 2.24) is 15.0 Å². The van der Waals surface area contributed by atoms with Gasteiger partial charge in [-0.3, -0.25) is 9.78 Å². The number of methoxy groups -OCH3 is 1. The van der Waals surface area contributed by atoms with Crippen LogP contribution in [0.4, 0.5) is 0 Å². The van der Waals surface area contributed by atoms with Gasteiger partial charge in [0.1, 0.15) is 11.6 Å². The molecular weight excluding hydrogens is 242 g/mol. The van der Waals surface area contributed by atoms with E-state index in [-0.39, 0.29) is 11.5 Å². The summed E-state index contributed by atoms with van der Waals surface area (Å²) in [6, 6.07) is 1.83. The number of hydrogen-bond acceptors (Lipinski definition) is 4. The third-order valence-electron chi connectivity index (χ3n) is 2.94. The Bertz CT molecular complexity index is 647. The lowest BCUT2D eigenvalue weighted by Crippen LogP contribution is -2.16. The second kappa shape index (κ2) is 5.22. The summed E-state index contributed by atoms with van der Waals surface area (Å²) in [4.78, 5) is 23.4. The Kier molecular flexibility index (Phi) is 3.64. The first kappa shape index (κ1) is 13.3. The monoisotopic (exact) mass is 259 g/mol. The third kappa shape index (κ3) is 2.65. The zero-order valence-corrected chi connectivity index (χ0v) is 11.5. The Labute approximate surface area is 111 Å². The van der Waals surface area contributed by atoms with Gasteiger partial charge in [0.05, 0.1) is 19.0 Å². The van der Waals surface area contributed by atoms with Gasteiger partial charge in [-0.25, -0.2) is 4.98 Å². The lowest BCUT2D eigenvalue weighted by atomic mass is 10.1. The molecule has 19 heavy (non-hydrogen) atoms. The van der Waals surface area contributed by atoms with Crippen LogP contribution in [0.1, 0.15) is 31.2 Å². The largest absolute Gasteiger partial charge is 0.495 e. The highest BCUT2D eigenvalue weighted by molar-refractivity contribution is 5.62. The summed E-state index contributed by atoms with van der Waals surface area (Å²) in [7, 11) is 1.58. The van der Waals surface area contributed by atoms with Gasteiger partial charge in [-0.1, -0.05) is 13.8 Å². The summed E-state index contributed by atoms with van der Waals surface area (Å²) >= 11 is 0. The first-order chi connectivity index (χ1) is 9.02. The highest BCUT2D eigenvalue weighted by Crippen LogP contribution is 2.23. The number of pyridine rings is 1. The molecule has 0 aromatic carbocycles. The topological polar surface area (TPSA) is 67.9 Å². The van der Waals surface area contributed by atoms with E-state index in [1.807, 2.05) is 19.9 Å². The number of hydrogen-bond donors (Lipinski definition) is 1. The number of aromatic nitrogens is 3. The molecule has 2 heterocycles. The van der Waals surface area contributed by atoms with Crippen molar-refractivity contribution in [1.29, 1.82) is 0 Å². The molecule has 5 heteroatoms. The third-order valence-corrected chi connectivity index (χ3v) is 2.94. The van der Waals surface area contributed by atoms with E-state index in [0.29, 0.717) is 22.8 Å². The van der Waals surface area contributed by atoms with Gasteiger partial charge >= 0.3 is 0 Å². The Balaban J connectivity index is 2.63. The summed E-state index contributed by atoms with van der Waals surface area (Å²) in [5, 5.41) is 0. The molecule has 5 nitrogen and oxygen atoms in total. The minimum absolute atomic E-state index is 0.114. The Morgan fingerprint density at radius 3 is 2.68 bits per heavy atom. The molecule has 0 radical (unpaired) electrons. The minimum atomic E-state index is -0.114. The molecule has 0 amide bonds. The quantitative estimate of drug-likeness (QED) is 0.918. The van der Waals surface area contributed by atoms with Crippen LogP contribution in [-0.2, 0) is 0 Å². The average Bonchev–Trinajstić information content (AvgIpc) is 2.41. The van der Waals surface area contributed by atoms with Gasteiger partial charge in [0.25, 0.3) is 5.56 Å². The van der Waals surface area contributed by atoms with E-state index in [9.17, 15) is 4.79 Å². The fraction of sp³-hybridized carbons (Fsp3) is 0.357. The lowest BCUT2D eigenvalue weighted by molar-refractivity contribution is 0.413. The molecule has 0 fully saturated rings. The molecule has 0 atom stereocenters. The molecule has 0 bridgehead atoms. The van der Waals surface area contributed by atoms with Crippen LogP contribution < -0.4 is 10.3 Å². The number of rotatable bonds is 3. The average molecular weight is 259 g/mol. The van der Waals surface area contributed by atoms with Gasteiger partial charge < -0.3 is 9.72 Å². The van der Waals surface area contributed by atoms with Crippen LogP contribution >= 0.6 is 0 Å². The van der Waals surface area contributed by atoms with Crippen LogP contribution in [0.5, 0.6) is 5.75 Å². The van der Waals surface area contributed by atoms with E-state index in [1.165, 1.54) is 0 Å². The molecule has 0 aliphatic rings. The van der Waals surface area contributed by atoms with E-state index < -0.39 is 0 Å². The zero-order valence-electron chi connectivity index (χ0n) is 11.5. The van der Waals surface area contributed by atoms with Crippen molar-refractivity contribution in [2.45, 2.75) is 26.7 Å². The fourth-order valence-corrected chi connectivity index (χ4v) is 1.76. The Hall–Kier alpha value is -2.17. The van der Waals surface area contributed by atoms with E-state index in [2.05, 4.69) is 15.0 Å². The number of ether oxygens (including phenoxy) is 1. The maximum Gasteiger partial charge on any atom is 0.254 e. The molecule has 2 aromatic heterocycles. The molecule has 2 rings (SSSR count). The number of aromatic amines is 1. The predicted octanol–water partition coefficient (Wildman–Crippen LogP) is 2.27. The molecule has 0 aliphatic carbocycles. The van der Waals surface area contributed by atoms with E-state index in [1.54, 1.807) is 26.4 Å². The second-order valence-electron chi connectivity index (χ2n) is 4.69. The maximum absolute atomic E-state index is 11.9. The first-order valence-electron chi connectivity index (χ1n) is 6.13. The van der Waals surface area contributed by atoms with Gasteiger partial charge in [0, 0.05) is 23.2 Å². The molecule has 100 valence electrons. The molecule has 1 N–H and O–H groups in total. The number of nitrogens with zero attached hydrogens (tertiary/aromatic N) is 2. The standard InChI is InChI=1S/C14H17N3O2/c1-8(2)13-16-12(9(3)14(18)17-13)10-5-11(19-4)7-15-6-10/h5-8H,1-4H3,(H,16,17,18). The van der Waals surface area contributed by atoms with Crippen molar-refractivity contribution < 1.29 is 4.74 Å². The molecule has 0 spiro atoms. The van der Waals surface area contributed by atoms with Crippen molar-refractivity contribution in [2.24, 2.45) is 0 Å². The maximum atomic E-state index is 11.9. The van der Waals surface area contributed by atoms with Crippen molar-refractivity contribution in [3.63, 3.8) is 0 Å². The molecule has 0 unspecified atom stereocenters. The second-order valence-corrected chi connectivity index (χ2v) is 4.69. The van der Waals surface area contributed by atoms with Crippen LogP contribution in [0.3, 0.4) is 0 Å². The first-order valence-corrected chi connectivity index (χ1v) is 6.13. The Morgan fingerprint density at radius 2 is 2.05 bits per heavy atom. The van der Waals surface area contributed by atoms with Gasteiger partial charge in [-0.05, 0) is 13.0 Å². The highest BCUT2D eigenvalue weighted by Gasteiger charge is 2.12. The highest BCUT2D eigenvalue weighted by atomic mass is 16.5. The van der Waals surface area contributed by atoms with Crippen LogP contribution in [0.2, 0.25) is 0 Å². The smallest absolute Gasteiger partial charge is 0.254 e. The van der Waals surface area contributed by atoms with Crippen molar-refractivity contribution in [3.8, 4) is 17.0 Å². The van der Waals surface area contributed by atoms with Crippen molar-refractivity contribution >= 4 is 0 Å². The van der Waals surface area contributed by atoms with Crippen LogP contribution in [0.15, 0.2) is 23.3 Å². The van der Waals surface area contributed by atoms with Crippen LogP contribution in [0.25, 0.3) is 11.3 Å². The molecule has 0 saturated carbocycles. The predicted molar refractivity (Wildman–Crippen MR) is 73.5 cm³/mol. The minimum Gasteiger partial charge on any atom is -0.495 e. The van der Waals surface area contributed by atoms with Crippen molar-refractivity contribution in [3.05, 3.63) is 40.2 Å². The Morgan fingerprint density at radius 1 is 1.32 bits per heavy atom. The van der Waals surface area contributed by atoms with Crippen molar-refractivity contribution in [2.75, 3.05) is 7.11 Å². The molecular formula is C14H17N3O2. The lowest BCUT2D eigenvalue weighted by Gasteiger charge is -2.10. The fourth-order valence-electron chi connectivity index (χ4n) is 1.76. The van der Waals surface area contributed by atoms with E-state index in [4.69, 9.17) is 4.74 Å². The normalized spacial score (nSPS) is 10.8. The van der Waals surface area contributed by atoms with Crippen LogP contribution in [0, 0.1) is 6.92 Å². The van der Waals surface area contributed by atoms with E-state index in [0.717, 1.165) is 5.56 Å². The SMILES string of the molecule is COc1cncc(-c2nc(C(C)C)[nH]c(=O)c2C)c1. The summed E-state index contributed by atoms with van der Waals surface area (Å²) in [5.74, 6) is 1.48. The van der Waals surface area contributed by atoms with Gasteiger partial charge in [0.2, 0.25) is 0 Å². The molecule has 0 aliphatic heterocycles.